The van der Waals surface area contributed by atoms with Gasteiger partial charge in [0.05, 0.1) is 0 Å². The zero-order valence-electron chi connectivity index (χ0n) is 11.4. The van der Waals surface area contributed by atoms with Crippen molar-refractivity contribution in [3.8, 4) is 0 Å². The summed E-state index contributed by atoms with van der Waals surface area (Å²) in [6, 6.07) is 10.7. The van der Waals surface area contributed by atoms with E-state index in [0.29, 0.717) is 11.4 Å². The van der Waals surface area contributed by atoms with Crippen LogP contribution in [0.15, 0.2) is 40.9 Å². The first-order valence-corrected chi connectivity index (χ1v) is 7.55. The minimum atomic E-state index is -0.203. The Labute approximate surface area is 132 Å². The van der Waals surface area contributed by atoms with E-state index in [1.165, 1.54) is 6.07 Å². The van der Waals surface area contributed by atoms with Crippen LogP contribution in [0.3, 0.4) is 0 Å². The van der Waals surface area contributed by atoms with Crippen molar-refractivity contribution in [3.63, 3.8) is 0 Å². The van der Waals surface area contributed by atoms with Gasteiger partial charge in [0.25, 0.3) is 0 Å². The fourth-order valence-corrected chi connectivity index (χ4v) is 2.93. The van der Waals surface area contributed by atoms with Crippen LogP contribution >= 0.6 is 27.5 Å². The van der Waals surface area contributed by atoms with E-state index in [1.54, 1.807) is 6.07 Å². The van der Waals surface area contributed by atoms with Crippen molar-refractivity contribution < 1.29 is 4.39 Å². The van der Waals surface area contributed by atoms with Gasteiger partial charge in [-0.3, -0.25) is 0 Å². The average Bonchev–Trinajstić information content (AvgIpc) is 2.42. The summed E-state index contributed by atoms with van der Waals surface area (Å²) in [7, 11) is 1.90. The standard InChI is InChI=1S/C16H16BrClFN/c1-10-3-5-13(19)7-11(10)8-16(20-2)14-9-12(18)4-6-15(14)17/h3-7,9,16,20H,8H2,1-2H3. The third-order valence-electron chi connectivity index (χ3n) is 3.42. The average molecular weight is 357 g/mol. The van der Waals surface area contributed by atoms with Crippen LogP contribution < -0.4 is 5.32 Å². The number of aryl methyl sites for hydroxylation is 1. The monoisotopic (exact) mass is 355 g/mol. The van der Waals surface area contributed by atoms with E-state index in [9.17, 15) is 4.39 Å². The zero-order valence-corrected chi connectivity index (χ0v) is 13.7. The smallest absolute Gasteiger partial charge is 0.123 e. The highest BCUT2D eigenvalue weighted by atomic mass is 79.9. The zero-order chi connectivity index (χ0) is 14.7. The van der Waals surface area contributed by atoms with Gasteiger partial charge in [0.1, 0.15) is 5.82 Å². The maximum atomic E-state index is 13.4. The topological polar surface area (TPSA) is 12.0 Å². The molecule has 4 heteroatoms. The Morgan fingerprint density at radius 2 is 2.00 bits per heavy atom. The molecule has 0 aliphatic heterocycles. The minimum Gasteiger partial charge on any atom is -0.313 e. The van der Waals surface area contributed by atoms with Crippen LogP contribution in [0.2, 0.25) is 5.02 Å². The number of nitrogens with one attached hydrogen (secondary N) is 1. The van der Waals surface area contributed by atoms with Crippen molar-refractivity contribution in [1.82, 2.24) is 5.32 Å². The van der Waals surface area contributed by atoms with Gasteiger partial charge in [-0.25, -0.2) is 4.39 Å². The molecule has 1 atom stereocenters. The first kappa shape index (κ1) is 15.5. The van der Waals surface area contributed by atoms with Crippen LogP contribution in [-0.4, -0.2) is 7.05 Å². The van der Waals surface area contributed by atoms with Crippen molar-refractivity contribution in [3.05, 3.63) is 68.4 Å². The Morgan fingerprint density at radius 1 is 1.25 bits per heavy atom. The van der Waals surface area contributed by atoms with E-state index in [1.807, 2.05) is 38.2 Å². The molecule has 2 aromatic carbocycles. The summed E-state index contributed by atoms with van der Waals surface area (Å²) in [6.45, 7) is 1.99. The molecule has 0 saturated heterocycles. The molecular formula is C16H16BrClFN. The highest BCUT2D eigenvalue weighted by Crippen LogP contribution is 2.29. The summed E-state index contributed by atoms with van der Waals surface area (Å²) >= 11 is 9.61. The lowest BCUT2D eigenvalue weighted by atomic mass is 9.96. The van der Waals surface area contributed by atoms with E-state index in [-0.39, 0.29) is 11.9 Å². The number of halogens is 3. The molecule has 20 heavy (non-hydrogen) atoms. The van der Waals surface area contributed by atoms with Crippen LogP contribution in [0.5, 0.6) is 0 Å². The molecule has 0 fully saturated rings. The van der Waals surface area contributed by atoms with Gasteiger partial charge < -0.3 is 5.32 Å². The normalized spacial score (nSPS) is 12.4. The molecule has 0 aliphatic carbocycles. The summed E-state index contributed by atoms with van der Waals surface area (Å²) in [6.07, 6.45) is 0.707. The first-order chi connectivity index (χ1) is 9.51. The van der Waals surface area contributed by atoms with Gasteiger partial charge in [0.2, 0.25) is 0 Å². The molecule has 0 spiro atoms. The molecule has 106 valence electrons. The molecule has 1 unspecified atom stereocenters. The number of hydrogen-bond acceptors (Lipinski definition) is 1. The molecule has 0 radical (unpaired) electrons. The van der Waals surface area contributed by atoms with Crippen LogP contribution in [0.25, 0.3) is 0 Å². The van der Waals surface area contributed by atoms with E-state index < -0.39 is 0 Å². The van der Waals surface area contributed by atoms with Crippen molar-refractivity contribution in [2.75, 3.05) is 7.05 Å². The van der Waals surface area contributed by atoms with Crippen LogP contribution in [0.1, 0.15) is 22.7 Å². The Morgan fingerprint density at radius 3 is 2.70 bits per heavy atom. The van der Waals surface area contributed by atoms with Gasteiger partial charge in [0, 0.05) is 15.5 Å². The summed E-state index contributed by atoms with van der Waals surface area (Å²) < 4.78 is 14.4. The molecule has 0 aromatic heterocycles. The second-order valence-electron chi connectivity index (χ2n) is 4.78. The number of hydrogen-bond donors (Lipinski definition) is 1. The molecule has 0 saturated carbocycles. The summed E-state index contributed by atoms with van der Waals surface area (Å²) in [5.41, 5.74) is 3.16. The van der Waals surface area contributed by atoms with Crippen LogP contribution in [-0.2, 0) is 6.42 Å². The van der Waals surface area contributed by atoms with E-state index in [0.717, 1.165) is 21.2 Å². The molecule has 0 amide bonds. The predicted molar refractivity (Wildman–Crippen MR) is 85.8 cm³/mol. The molecule has 2 rings (SSSR count). The fourth-order valence-electron chi connectivity index (χ4n) is 2.23. The number of benzene rings is 2. The van der Waals surface area contributed by atoms with Gasteiger partial charge in [-0.05, 0) is 67.4 Å². The predicted octanol–water partition coefficient (Wildman–Crippen LogP) is 5.05. The molecule has 0 bridgehead atoms. The lowest BCUT2D eigenvalue weighted by molar-refractivity contribution is 0.580. The Kier molecular flexibility index (Phi) is 5.19. The third kappa shape index (κ3) is 3.60. The minimum absolute atomic E-state index is 0.0728. The lowest BCUT2D eigenvalue weighted by Gasteiger charge is -2.20. The molecule has 0 aliphatic rings. The van der Waals surface area contributed by atoms with E-state index in [2.05, 4.69) is 21.2 Å². The molecule has 0 heterocycles. The quantitative estimate of drug-likeness (QED) is 0.808. The van der Waals surface area contributed by atoms with E-state index >= 15 is 0 Å². The Hall–Kier alpha value is -0.900. The van der Waals surface area contributed by atoms with Gasteiger partial charge >= 0.3 is 0 Å². The third-order valence-corrected chi connectivity index (χ3v) is 4.37. The Bertz CT molecular complexity index is 615. The first-order valence-electron chi connectivity index (χ1n) is 6.38. The highest BCUT2D eigenvalue weighted by molar-refractivity contribution is 9.10. The van der Waals surface area contributed by atoms with Crippen LogP contribution in [0.4, 0.5) is 4.39 Å². The molecule has 2 aromatic rings. The summed E-state index contributed by atoms with van der Waals surface area (Å²) in [5, 5.41) is 3.96. The van der Waals surface area contributed by atoms with Gasteiger partial charge in [-0.15, -0.1) is 0 Å². The van der Waals surface area contributed by atoms with Crippen LogP contribution in [0, 0.1) is 12.7 Å². The molecule has 1 nitrogen and oxygen atoms in total. The largest absolute Gasteiger partial charge is 0.313 e. The maximum absolute atomic E-state index is 13.4. The van der Waals surface area contributed by atoms with Crippen molar-refractivity contribution >= 4 is 27.5 Å². The summed E-state index contributed by atoms with van der Waals surface area (Å²) in [4.78, 5) is 0. The fraction of sp³-hybridized carbons (Fsp3) is 0.250. The molecular weight excluding hydrogens is 341 g/mol. The summed E-state index contributed by atoms with van der Waals surface area (Å²) in [5.74, 6) is -0.203. The second-order valence-corrected chi connectivity index (χ2v) is 6.07. The van der Waals surface area contributed by atoms with Crippen molar-refractivity contribution in [1.29, 1.82) is 0 Å². The number of likely N-dealkylation sites (N-methyl/N-ethyl adjacent to an activating group) is 1. The Balaban J connectivity index is 2.33. The van der Waals surface area contributed by atoms with Crippen molar-refractivity contribution in [2.45, 2.75) is 19.4 Å². The second kappa shape index (κ2) is 6.70. The van der Waals surface area contributed by atoms with Gasteiger partial charge in [-0.2, -0.15) is 0 Å². The van der Waals surface area contributed by atoms with E-state index in [4.69, 9.17) is 11.6 Å². The van der Waals surface area contributed by atoms with Crippen molar-refractivity contribution in [2.24, 2.45) is 0 Å². The van der Waals surface area contributed by atoms with Gasteiger partial charge in [-0.1, -0.05) is 33.6 Å². The lowest BCUT2D eigenvalue weighted by Crippen LogP contribution is -2.19. The highest BCUT2D eigenvalue weighted by Gasteiger charge is 2.15. The molecule has 1 N–H and O–H groups in total. The number of rotatable bonds is 4. The maximum Gasteiger partial charge on any atom is 0.123 e. The SMILES string of the molecule is CNC(Cc1cc(F)ccc1C)c1cc(Cl)ccc1Br. The van der Waals surface area contributed by atoms with Gasteiger partial charge in [0.15, 0.2) is 0 Å².